The van der Waals surface area contributed by atoms with Crippen molar-refractivity contribution in [3.8, 4) is 11.5 Å². The van der Waals surface area contributed by atoms with Gasteiger partial charge in [0.1, 0.15) is 0 Å². The molecule has 0 aliphatic rings. The molecule has 0 fully saturated rings. The monoisotopic (exact) mass is 344 g/mol. The summed E-state index contributed by atoms with van der Waals surface area (Å²) in [5, 5.41) is 2.64. The third-order valence-electron chi connectivity index (χ3n) is 3.08. The average molecular weight is 344 g/mol. The Morgan fingerprint density at radius 1 is 1.26 bits per heavy atom. The van der Waals surface area contributed by atoms with Gasteiger partial charge in [0.2, 0.25) is 10.0 Å². The van der Waals surface area contributed by atoms with Crippen LogP contribution in [0.1, 0.15) is 13.8 Å². The molecule has 0 aromatic heterocycles. The van der Waals surface area contributed by atoms with Gasteiger partial charge in [0, 0.05) is 19.1 Å². The maximum atomic E-state index is 11.8. The Labute approximate surface area is 137 Å². The van der Waals surface area contributed by atoms with E-state index >= 15 is 0 Å². The molecule has 1 amide bonds. The molecular weight excluding hydrogens is 320 g/mol. The summed E-state index contributed by atoms with van der Waals surface area (Å²) in [7, 11) is -1.77. The number of carbonyl (C=O) groups is 1. The van der Waals surface area contributed by atoms with Crippen molar-refractivity contribution in [1.82, 2.24) is 9.62 Å². The maximum Gasteiger partial charge on any atom is 0.257 e. The van der Waals surface area contributed by atoms with Gasteiger partial charge in [0.15, 0.2) is 18.1 Å². The first-order valence-electron chi connectivity index (χ1n) is 7.25. The summed E-state index contributed by atoms with van der Waals surface area (Å²) in [6, 6.07) is 6.86. The molecule has 1 N–H and O–H groups in total. The summed E-state index contributed by atoms with van der Waals surface area (Å²) in [6.07, 6.45) is 1.15. The lowest BCUT2D eigenvalue weighted by Gasteiger charge is -2.23. The number of rotatable bonds is 9. The summed E-state index contributed by atoms with van der Waals surface area (Å²) in [5.41, 5.74) is 0. The van der Waals surface area contributed by atoms with Gasteiger partial charge in [0.25, 0.3) is 5.91 Å². The molecule has 1 rings (SSSR count). The number of hydrogen-bond donors (Lipinski definition) is 1. The van der Waals surface area contributed by atoms with E-state index in [1.807, 2.05) is 0 Å². The van der Waals surface area contributed by atoms with Crippen molar-refractivity contribution in [3.63, 3.8) is 0 Å². The first-order valence-corrected chi connectivity index (χ1v) is 9.10. The minimum Gasteiger partial charge on any atom is -0.493 e. The van der Waals surface area contributed by atoms with E-state index in [0.717, 1.165) is 6.26 Å². The van der Waals surface area contributed by atoms with Gasteiger partial charge in [-0.3, -0.25) is 4.79 Å². The molecule has 0 atom stereocenters. The van der Waals surface area contributed by atoms with E-state index in [2.05, 4.69) is 5.32 Å². The normalized spacial score (nSPS) is 11.6. The fraction of sp³-hybridized carbons (Fsp3) is 0.533. The van der Waals surface area contributed by atoms with Gasteiger partial charge in [-0.1, -0.05) is 12.1 Å². The third kappa shape index (κ3) is 6.45. The zero-order chi connectivity index (χ0) is 17.5. The van der Waals surface area contributed by atoms with E-state index in [-0.39, 0.29) is 31.6 Å². The number of carbonyl (C=O) groups excluding carboxylic acids is 1. The number of nitrogens with zero attached hydrogens (tertiary/aromatic N) is 1. The Hall–Kier alpha value is -1.80. The summed E-state index contributed by atoms with van der Waals surface area (Å²) < 4.78 is 35.1. The van der Waals surface area contributed by atoms with Gasteiger partial charge in [-0.05, 0) is 26.0 Å². The molecule has 1 aromatic carbocycles. The molecule has 0 bridgehead atoms. The highest BCUT2D eigenvalue weighted by Crippen LogP contribution is 2.25. The quantitative estimate of drug-likeness (QED) is 0.718. The van der Waals surface area contributed by atoms with E-state index in [1.54, 1.807) is 38.1 Å². The van der Waals surface area contributed by atoms with Crippen molar-refractivity contribution in [2.75, 3.05) is 33.1 Å². The van der Waals surface area contributed by atoms with Crippen LogP contribution in [-0.2, 0) is 14.8 Å². The van der Waals surface area contributed by atoms with Crippen LogP contribution >= 0.6 is 0 Å². The first-order chi connectivity index (χ1) is 10.8. The first kappa shape index (κ1) is 19.2. The second-order valence-corrected chi connectivity index (χ2v) is 7.19. The predicted molar refractivity (Wildman–Crippen MR) is 88.2 cm³/mol. The van der Waals surface area contributed by atoms with Crippen LogP contribution < -0.4 is 14.8 Å². The van der Waals surface area contributed by atoms with Gasteiger partial charge >= 0.3 is 0 Å². The van der Waals surface area contributed by atoms with E-state index in [9.17, 15) is 13.2 Å². The Balaban J connectivity index is 2.43. The fourth-order valence-corrected chi connectivity index (χ4v) is 3.23. The van der Waals surface area contributed by atoms with E-state index in [1.165, 1.54) is 11.4 Å². The largest absolute Gasteiger partial charge is 0.493 e. The maximum absolute atomic E-state index is 11.8. The molecule has 7 nitrogen and oxygen atoms in total. The highest BCUT2D eigenvalue weighted by molar-refractivity contribution is 7.88. The number of methoxy groups -OCH3 is 1. The van der Waals surface area contributed by atoms with Crippen LogP contribution in [0.5, 0.6) is 11.5 Å². The smallest absolute Gasteiger partial charge is 0.257 e. The molecule has 0 saturated carbocycles. The lowest BCUT2D eigenvalue weighted by molar-refractivity contribution is -0.123. The summed E-state index contributed by atoms with van der Waals surface area (Å²) in [6.45, 7) is 3.85. The van der Waals surface area contributed by atoms with Gasteiger partial charge in [-0.15, -0.1) is 0 Å². The molecule has 0 saturated heterocycles. The molecule has 0 unspecified atom stereocenters. The van der Waals surface area contributed by atoms with Crippen molar-refractivity contribution >= 4 is 15.9 Å². The topological polar surface area (TPSA) is 84.9 Å². The van der Waals surface area contributed by atoms with Gasteiger partial charge in [-0.25, -0.2) is 8.42 Å². The standard InChI is InChI=1S/C15H24N2O5S/c1-12(2)17(23(4,19)20)10-9-16-15(18)11-22-14-8-6-5-7-13(14)21-3/h5-8,12H,9-11H2,1-4H3,(H,16,18). The van der Waals surface area contributed by atoms with Crippen LogP contribution in [-0.4, -0.2) is 57.7 Å². The average Bonchev–Trinajstić information content (AvgIpc) is 2.48. The summed E-state index contributed by atoms with van der Waals surface area (Å²) >= 11 is 0. The van der Waals surface area contributed by atoms with Crippen molar-refractivity contribution < 1.29 is 22.7 Å². The molecule has 130 valence electrons. The molecule has 0 heterocycles. The molecule has 0 radical (unpaired) electrons. The van der Waals surface area contributed by atoms with E-state index in [4.69, 9.17) is 9.47 Å². The molecule has 0 aliphatic heterocycles. The summed E-state index contributed by atoms with van der Waals surface area (Å²) in [4.78, 5) is 11.8. The number of nitrogens with one attached hydrogen (secondary N) is 1. The second-order valence-electron chi connectivity index (χ2n) is 5.26. The lowest BCUT2D eigenvalue weighted by atomic mass is 10.3. The second kappa shape index (κ2) is 8.73. The zero-order valence-corrected chi connectivity index (χ0v) is 14.7. The number of hydrogen-bond acceptors (Lipinski definition) is 5. The van der Waals surface area contributed by atoms with Crippen LogP contribution in [0, 0.1) is 0 Å². The number of ether oxygens (including phenoxy) is 2. The third-order valence-corrected chi connectivity index (χ3v) is 4.54. The molecule has 8 heteroatoms. The van der Waals surface area contributed by atoms with Crippen LogP contribution in [0.25, 0.3) is 0 Å². The van der Waals surface area contributed by atoms with Crippen molar-refractivity contribution in [1.29, 1.82) is 0 Å². The van der Waals surface area contributed by atoms with Gasteiger partial charge in [0.05, 0.1) is 13.4 Å². The van der Waals surface area contributed by atoms with Crippen LogP contribution in [0.4, 0.5) is 0 Å². The Bertz CT molecular complexity index is 616. The predicted octanol–water partition coefficient (Wildman–Crippen LogP) is 0.860. The van der Waals surface area contributed by atoms with Crippen molar-refractivity contribution in [2.24, 2.45) is 0 Å². The number of para-hydroxylation sites is 2. The number of sulfonamides is 1. The number of benzene rings is 1. The highest BCUT2D eigenvalue weighted by Gasteiger charge is 2.19. The molecule has 1 aromatic rings. The van der Waals surface area contributed by atoms with Crippen LogP contribution in [0.2, 0.25) is 0 Å². The lowest BCUT2D eigenvalue weighted by Crippen LogP contribution is -2.42. The van der Waals surface area contributed by atoms with E-state index in [0.29, 0.717) is 11.5 Å². The SMILES string of the molecule is COc1ccccc1OCC(=O)NCCN(C(C)C)S(C)(=O)=O. The van der Waals surface area contributed by atoms with Crippen LogP contribution in [0.15, 0.2) is 24.3 Å². The van der Waals surface area contributed by atoms with Gasteiger partial charge < -0.3 is 14.8 Å². The summed E-state index contributed by atoms with van der Waals surface area (Å²) in [5.74, 6) is 0.696. The van der Waals surface area contributed by atoms with Crippen molar-refractivity contribution in [2.45, 2.75) is 19.9 Å². The van der Waals surface area contributed by atoms with E-state index < -0.39 is 10.0 Å². The van der Waals surface area contributed by atoms with Crippen LogP contribution in [0.3, 0.4) is 0 Å². The van der Waals surface area contributed by atoms with Gasteiger partial charge in [-0.2, -0.15) is 4.31 Å². The number of amides is 1. The highest BCUT2D eigenvalue weighted by atomic mass is 32.2. The Morgan fingerprint density at radius 3 is 2.39 bits per heavy atom. The molecule has 0 aliphatic carbocycles. The fourth-order valence-electron chi connectivity index (χ4n) is 2.04. The molecule has 23 heavy (non-hydrogen) atoms. The Kier molecular flexibility index (Phi) is 7.31. The Morgan fingerprint density at radius 2 is 1.87 bits per heavy atom. The minimum atomic E-state index is -3.29. The minimum absolute atomic E-state index is 0.160. The van der Waals surface area contributed by atoms with Crippen molar-refractivity contribution in [3.05, 3.63) is 24.3 Å². The molecular formula is C15H24N2O5S. The zero-order valence-electron chi connectivity index (χ0n) is 13.9. The molecule has 0 spiro atoms.